The molecule has 0 radical (unpaired) electrons. The molecule has 5 heteroatoms. The van der Waals surface area contributed by atoms with Crippen molar-refractivity contribution in [1.29, 1.82) is 0 Å². The molecule has 0 atom stereocenters. The number of halogens is 1. The molecule has 16 heavy (non-hydrogen) atoms. The van der Waals surface area contributed by atoms with Crippen LogP contribution >= 0.6 is 0 Å². The topological polar surface area (TPSA) is 47.7 Å². The standard InChI is InChI=1S/C11H17FN2O2/c1-4-5-16-11-7-10(14(2)15-3)9(13)6-8(11)12/h6-7H,4-5,13H2,1-3H3. The predicted octanol–water partition coefficient (Wildman–Crippen LogP) is 2.19. The Kier molecular flexibility index (Phi) is 4.37. The average Bonchev–Trinajstić information content (AvgIpc) is 2.27. The Morgan fingerprint density at radius 1 is 1.44 bits per heavy atom. The third-order valence-electron chi connectivity index (χ3n) is 2.16. The van der Waals surface area contributed by atoms with E-state index in [0.717, 1.165) is 6.42 Å². The number of hydrogen-bond acceptors (Lipinski definition) is 4. The van der Waals surface area contributed by atoms with Crippen LogP contribution in [0, 0.1) is 5.82 Å². The molecule has 0 saturated carbocycles. The summed E-state index contributed by atoms with van der Waals surface area (Å²) in [6.07, 6.45) is 0.819. The van der Waals surface area contributed by atoms with Crippen LogP contribution in [0.15, 0.2) is 12.1 Å². The zero-order chi connectivity index (χ0) is 12.1. The van der Waals surface area contributed by atoms with Crippen LogP contribution in [0.25, 0.3) is 0 Å². The summed E-state index contributed by atoms with van der Waals surface area (Å²) >= 11 is 0. The van der Waals surface area contributed by atoms with Gasteiger partial charge in [-0.25, -0.2) is 4.39 Å². The zero-order valence-electron chi connectivity index (χ0n) is 9.79. The van der Waals surface area contributed by atoms with Gasteiger partial charge in [-0.05, 0) is 6.42 Å². The maximum atomic E-state index is 13.5. The van der Waals surface area contributed by atoms with Gasteiger partial charge in [0.2, 0.25) is 0 Å². The third kappa shape index (κ3) is 2.76. The van der Waals surface area contributed by atoms with Crippen LogP contribution in [-0.4, -0.2) is 20.8 Å². The number of nitrogens with two attached hydrogens (primary N) is 1. The maximum Gasteiger partial charge on any atom is 0.167 e. The van der Waals surface area contributed by atoms with Gasteiger partial charge in [0.25, 0.3) is 0 Å². The van der Waals surface area contributed by atoms with Gasteiger partial charge in [0.15, 0.2) is 11.6 Å². The minimum absolute atomic E-state index is 0.190. The van der Waals surface area contributed by atoms with E-state index >= 15 is 0 Å². The molecule has 0 amide bonds. The molecular weight excluding hydrogens is 211 g/mol. The number of rotatable bonds is 5. The summed E-state index contributed by atoms with van der Waals surface area (Å²) < 4.78 is 18.7. The number of nitrogens with zero attached hydrogens (tertiary/aromatic N) is 1. The van der Waals surface area contributed by atoms with Crippen LogP contribution in [0.1, 0.15) is 13.3 Å². The summed E-state index contributed by atoms with van der Waals surface area (Å²) in [6.45, 7) is 2.42. The monoisotopic (exact) mass is 228 g/mol. The third-order valence-corrected chi connectivity index (χ3v) is 2.16. The highest BCUT2D eigenvalue weighted by atomic mass is 19.1. The highest BCUT2D eigenvalue weighted by molar-refractivity contribution is 5.68. The Balaban J connectivity index is 3.01. The molecule has 0 spiro atoms. The average molecular weight is 228 g/mol. The van der Waals surface area contributed by atoms with Gasteiger partial charge in [-0.1, -0.05) is 6.92 Å². The second-order valence-corrected chi connectivity index (χ2v) is 3.37. The fourth-order valence-corrected chi connectivity index (χ4v) is 1.25. The molecule has 0 bridgehead atoms. The first kappa shape index (κ1) is 12.6. The Hall–Kier alpha value is -1.49. The molecule has 2 N–H and O–H groups in total. The number of anilines is 2. The van der Waals surface area contributed by atoms with Crippen molar-refractivity contribution >= 4 is 11.4 Å². The lowest BCUT2D eigenvalue weighted by molar-refractivity contribution is 0.184. The SMILES string of the molecule is CCCOc1cc(N(C)OC)c(N)cc1F. The van der Waals surface area contributed by atoms with Crippen molar-refractivity contribution in [3.05, 3.63) is 17.9 Å². The van der Waals surface area contributed by atoms with Crippen LogP contribution in [-0.2, 0) is 4.84 Å². The number of nitrogen functional groups attached to an aromatic ring is 1. The fourth-order valence-electron chi connectivity index (χ4n) is 1.25. The lowest BCUT2D eigenvalue weighted by Crippen LogP contribution is -2.16. The summed E-state index contributed by atoms with van der Waals surface area (Å²) in [5.74, 6) is -0.269. The lowest BCUT2D eigenvalue weighted by Gasteiger charge is -2.19. The van der Waals surface area contributed by atoms with Crippen molar-refractivity contribution < 1.29 is 14.0 Å². The van der Waals surface area contributed by atoms with Crippen LogP contribution < -0.4 is 15.5 Å². The molecule has 0 heterocycles. The van der Waals surface area contributed by atoms with E-state index in [2.05, 4.69) is 0 Å². The van der Waals surface area contributed by atoms with E-state index in [-0.39, 0.29) is 5.75 Å². The first-order chi connectivity index (χ1) is 7.60. The maximum absolute atomic E-state index is 13.5. The first-order valence-electron chi connectivity index (χ1n) is 5.09. The predicted molar refractivity (Wildman–Crippen MR) is 62.0 cm³/mol. The van der Waals surface area contributed by atoms with Gasteiger partial charge in [-0.2, -0.15) is 0 Å². The molecule has 0 aliphatic carbocycles. The van der Waals surface area contributed by atoms with Gasteiger partial charge in [-0.15, -0.1) is 0 Å². The molecule has 90 valence electrons. The molecule has 4 nitrogen and oxygen atoms in total. The number of benzene rings is 1. The molecular formula is C11H17FN2O2. The van der Waals surface area contributed by atoms with Gasteiger partial charge >= 0.3 is 0 Å². The summed E-state index contributed by atoms with van der Waals surface area (Å²) in [6, 6.07) is 2.76. The largest absolute Gasteiger partial charge is 0.490 e. The van der Waals surface area contributed by atoms with E-state index < -0.39 is 5.82 Å². The Labute approximate surface area is 94.7 Å². The van der Waals surface area contributed by atoms with Gasteiger partial charge in [0.05, 0.1) is 25.1 Å². The van der Waals surface area contributed by atoms with Crippen molar-refractivity contribution in [2.75, 3.05) is 31.6 Å². The molecule has 0 saturated heterocycles. The second-order valence-electron chi connectivity index (χ2n) is 3.37. The van der Waals surface area contributed by atoms with Crippen molar-refractivity contribution in [2.45, 2.75) is 13.3 Å². The summed E-state index contributed by atoms with van der Waals surface area (Å²) in [4.78, 5) is 4.99. The highest BCUT2D eigenvalue weighted by Crippen LogP contribution is 2.30. The van der Waals surface area contributed by atoms with E-state index in [4.69, 9.17) is 15.3 Å². The van der Waals surface area contributed by atoms with Gasteiger partial charge in [-0.3, -0.25) is 9.90 Å². The molecule has 1 aromatic rings. The quantitative estimate of drug-likeness (QED) is 0.620. The minimum Gasteiger partial charge on any atom is -0.490 e. The Morgan fingerprint density at radius 2 is 2.12 bits per heavy atom. The summed E-state index contributed by atoms with van der Waals surface area (Å²) in [7, 11) is 3.20. The van der Waals surface area contributed by atoms with Crippen LogP contribution in [0.2, 0.25) is 0 Å². The number of hydrogen-bond donors (Lipinski definition) is 1. The van der Waals surface area contributed by atoms with Gasteiger partial charge in [0.1, 0.15) is 0 Å². The Bertz CT molecular complexity index is 358. The molecule has 0 aromatic heterocycles. The first-order valence-corrected chi connectivity index (χ1v) is 5.09. The molecule has 1 rings (SSSR count). The van der Waals surface area contributed by atoms with Gasteiger partial charge in [0, 0.05) is 19.2 Å². The zero-order valence-corrected chi connectivity index (χ0v) is 9.79. The Morgan fingerprint density at radius 3 is 2.69 bits per heavy atom. The van der Waals surface area contributed by atoms with Crippen molar-refractivity contribution in [1.82, 2.24) is 0 Å². The fraction of sp³-hybridized carbons (Fsp3) is 0.455. The summed E-state index contributed by atoms with van der Waals surface area (Å²) in [5.41, 5.74) is 6.57. The lowest BCUT2D eigenvalue weighted by atomic mass is 10.2. The molecule has 0 aliphatic rings. The van der Waals surface area contributed by atoms with Gasteiger partial charge < -0.3 is 10.5 Å². The minimum atomic E-state index is -0.459. The van der Waals surface area contributed by atoms with E-state index in [1.54, 1.807) is 7.05 Å². The van der Waals surface area contributed by atoms with Crippen LogP contribution in [0.5, 0.6) is 5.75 Å². The van der Waals surface area contributed by atoms with Crippen molar-refractivity contribution in [2.24, 2.45) is 0 Å². The second kappa shape index (κ2) is 5.55. The molecule has 0 unspecified atom stereocenters. The van der Waals surface area contributed by atoms with Crippen molar-refractivity contribution in [3.8, 4) is 5.75 Å². The van der Waals surface area contributed by atoms with E-state index in [1.165, 1.54) is 24.3 Å². The molecule has 0 aliphatic heterocycles. The normalized spacial score (nSPS) is 10.2. The molecule has 1 aromatic carbocycles. The summed E-state index contributed by atoms with van der Waals surface area (Å²) in [5, 5.41) is 1.45. The van der Waals surface area contributed by atoms with E-state index in [9.17, 15) is 4.39 Å². The number of hydroxylamine groups is 1. The molecule has 0 fully saturated rings. The highest BCUT2D eigenvalue weighted by Gasteiger charge is 2.12. The van der Waals surface area contributed by atoms with Crippen LogP contribution in [0.4, 0.5) is 15.8 Å². The van der Waals surface area contributed by atoms with Crippen LogP contribution in [0.3, 0.4) is 0 Å². The van der Waals surface area contributed by atoms with E-state index in [0.29, 0.717) is 18.0 Å². The smallest absolute Gasteiger partial charge is 0.167 e. The number of ether oxygens (including phenoxy) is 1. The van der Waals surface area contributed by atoms with E-state index in [1.807, 2.05) is 6.92 Å². The van der Waals surface area contributed by atoms with Crippen molar-refractivity contribution in [3.63, 3.8) is 0 Å².